The Morgan fingerprint density at radius 2 is 1.39 bits per heavy atom. The molecular weight excluding hydrogens is 542 g/mol. The van der Waals surface area contributed by atoms with Crippen LogP contribution in [0.5, 0.6) is 0 Å². The monoisotopic (exact) mass is 572 g/mol. The first-order chi connectivity index (χ1) is 19.8. The Labute approximate surface area is 243 Å². The first-order valence-corrected chi connectivity index (χ1v) is 14.3. The maximum Gasteiger partial charge on any atom is 0.254 e. The number of nitrogens with zero attached hydrogens (tertiary/aromatic N) is 6. The van der Waals surface area contributed by atoms with Gasteiger partial charge in [-0.25, -0.2) is 13.1 Å². The van der Waals surface area contributed by atoms with Gasteiger partial charge in [-0.15, -0.1) is 0 Å². The van der Waals surface area contributed by atoms with Gasteiger partial charge in [-0.2, -0.15) is 10.5 Å². The summed E-state index contributed by atoms with van der Waals surface area (Å²) in [4.78, 5) is 20.3. The third-order valence-electron chi connectivity index (χ3n) is 7.65. The molecule has 0 unspecified atom stereocenters. The minimum atomic E-state index is -0.754. The minimum absolute atomic E-state index is 0.0755. The molecule has 41 heavy (non-hydrogen) atoms. The maximum atomic E-state index is 14.5. The number of para-hydroxylation sites is 1. The second kappa shape index (κ2) is 12.2. The molecule has 2 aliphatic rings. The van der Waals surface area contributed by atoms with Gasteiger partial charge in [-0.3, -0.25) is 4.79 Å². The number of anilines is 2. The number of benzene rings is 3. The Balaban J connectivity index is 1.23. The molecule has 7 nitrogen and oxygen atoms in total. The van der Waals surface area contributed by atoms with Crippen molar-refractivity contribution in [1.82, 2.24) is 9.21 Å². The summed E-state index contributed by atoms with van der Waals surface area (Å²) < 4.78 is 30.9. The van der Waals surface area contributed by atoms with E-state index < -0.39 is 11.6 Å². The first-order valence-electron chi connectivity index (χ1n) is 13.5. The SMILES string of the molecule is Cc1cc(C)c(C(=O)N2CCN(c3cc(F)c(C#N)cc3F)CC2)cc1SN1CCN(c2ccccc2C#N)CC1. The van der Waals surface area contributed by atoms with Crippen molar-refractivity contribution in [3.63, 3.8) is 0 Å². The zero-order valence-corrected chi connectivity index (χ0v) is 23.8. The molecule has 0 saturated carbocycles. The lowest BCUT2D eigenvalue weighted by Crippen LogP contribution is -2.49. The van der Waals surface area contributed by atoms with Crippen molar-refractivity contribution in [3.8, 4) is 12.1 Å². The third-order valence-corrected chi connectivity index (χ3v) is 8.91. The summed E-state index contributed by atoms with van der Waals surface area (Å²) in [5.74, 6) is -1.47. The van der Waals surface area contributed by atoms with Crippen molar-refractivity contribution in [2.24, 2.45) is 0 Å². The zero-order chi connectivity index (χ0) is 29.1. The highest BCUT2D eigenvalue weighted by Crippen LogP contribution is 2.32. The van der Waals surface area contributed by atoms with Crippen molar-refractivity contribution >= 4 is 29.2 Å². The summed E-state index contributed by atoms with van der Waals surface area (Å²) in [7, 11) is 0. The van der Waals surface area contributed by atoms with Gasteiger partial charge in [0.05, 0.1) is 22.5 Å². The molecule has 3 aromatic rings. The molecule has 210 valence electrons. The van der Waals surface area contributed by atoms with Crippen molar-refractivity contribution in [1.29, 1.82) is 10.5 Å². The Morgan fingerprint density at radius 1 is 0.756 bits per heavy atom. The van der Waals surface area contributed by atoms with Crippen molar-refractivity contribution in [3.05, 3.63) is 88.0 Å². The largest absolute Gasteiger partial charge is 0.368 e. The smallest absolute Gasteiger partial charge is 0.254 e. The Morgan fingerprint density at radius 3 is 2.07 bits per heavy atom. The van der Waals surface area contributed by atoms with E-state index in [1.54, 1.807) is 27.8 Å². The van der Waals surface area contributed by atoms with Crippen LogP contribution < -0.4 is 9.80 Å². The van der Waals surface area contributed by atoms with Gasteiger partial charge in [0.15, 0.2) is 0 Å². The van der Waals surface area contributed by atoms with Crippen LogP contribution in [0.15, 0.2) is 53.4 Å². The second-order valence-corrected chi connectivity index (χ2v) is 11.4. The van der Waals surface area contributed by atoms with E-state index in [2.05, 4.69) is 15.3 Å². The number of nitriles is 2. The van der Waals surface area contributed by atoms with Gasteiger partial charge in [0.25, 0.3) is 5.91 Å². The number of rotatable bonds is 5. The summed E-state index contributed by atoms with van der Waals surface area (Å²) in [6, 6.07) is 17.6. The molecule has 2 aliphatic heterocycles. The fourth-order valence-electron chi connectivity index (χ4n) is 5.35. The number of amides is 1. The average Bonchev–Trinajstić information content (AvgIpc) is 2.99. The van der Waals surface area contributed by atoms with E-state index in [4.69, 9.17) is 5.26 Å². The number of halogens is 2. The lowest BCUT2D eigenvalue weighted by molar-refractivity contribution is 0.0745. The zero-order valence-electron chi connectivity index (χ0n) is 23.0. The Hall–Kier alpha value is -4.12. The third kappa shape index (κ3) is 6.00. The van der Waals surface area contributed by atoms with E-state index >= 15 is 0 Å². The Bertz CT molecular complexity index is 1550. The van der Waals surface area contributed by atoms with Crippen LogP contribution in [0, 0.1) is 48.1 Å². The lowest BCUT2D eigenvalue weighted by atomic mass is 10.0. The highest BCUT2D eigenvalue weighted by molar-refractivity contribution is 7.97. The number of hydrogen-bond donors (Lipinski definition) is 0. The van der Waals surface area contributed by atoms with Gasteiger partial charge in [0, 0.05) is 68.9 Å². The van der Waals surface area contributed by atoms with Crippen LogP contribution in [0.1, 0.15) is 32.6 Å². The van der Waals surface area contributed by atoms with E-state index in [0.717, 1.165) is 60.0 Å². The summed E-state index contributed by atoms with van der Waals surface area (Å²) in [5, 5.41) is 18.4. The topological polar surface area (TPSA) is 77.6 Å². The van der Waals surface area contributed by atoms with E-state index in [1.165, 1.54) is 0 Å². The van der Waals surface area contributed by atoms with Crippen molar-refractivity contribution < 1.29 is 13.6 Å². The maximum absolute atomic E-state index is 14.5. The lowest BCUT2D eigenvalue weighted by Gasteiger charge is -2.37. The molecule has 0 bridgehead atoms. The molecule has 0 atom stereocenters. The molecule has 0 radical (unpaired) electrons. The van der Waals surface area contributed by atoms with Gasteiger partial charge >= 0.3 is 0 Å². The van der Waals surface area contributed by atoms with Crippen LogP contribution >= 0.6 is 11.9 Å². The van der Waals surface area contributed by atoms with Gasteiger partial charge in [-0.05, 0) is 61.2 Å². The average molecular weight is 573 g/mol. The summed E-state index contributed by atoms with van der Waals surface area (Å²) in [6.07, 6.45) is 0. The molecule has 2 saturated heterocycles. The summed E-state index contributed by atoms with van der Waals surface area (Å²) in [6.45, 7) is 8.69. The van der Waals surface area contributed by atoms with E-state index in [-0.39, 0.29) is 17.2 Å². The summed E-state index contributed by atoms with van der Waals surface area (Å²) >= 11 is 1.65. The van der Waals surface area contributed by atoms with Gasteiger partial charge in [0.2, 0.25) is 0 Å². The number of carbonyl (C=O) groups is 1. The fourth-order valence-corrected chi connectivity index (χ4v) is 6.35. The van der Waals surface area contributed by atoms with Crippen molar-refractivity contribution in [2.45, 2.75) is 18.7 Å². The quantitative estimate of drug-likeness (QED) is 0.393. The van der Waals surface area contributed by atoms with Crippen LogP contribution in [-0.4, -0.2) is 67.5 Å². The minimum Gasteiger partial charge on any atom is -0.368 e. The molecule has 10 heteroatoms. The Kier molecular flexibility index (Phi) is 8.44. The highest BCUT2D eigenvalue weighted by Gasteiger charge is 2.27. The predicted molar refractivity (Wildman–Crippen MR) is 156 cm³/mol. The molecular formula is C31H30F2N6OS. The molecule has 0 N–H and O–H groups in total. The highest BCUT2D eigenvalue weighted by atomic mass is 32.2. The van der Waals surface area contributed by atoms with Crippen LogP contribution in [0.2, 0.25) is 0 Å². The molecule has 2 heterocycles. The normalized spacial score (nSPS) is 15.9. The van der Waals surface area contributed by atoms with Crippen LogP contribution in [-0.2, 0) is 0 Å². The molecule has 0 aromatic heterocycles. The van der Waals surface area contributed by atoms with Gasteiger partial charge in [0.1, 0.15) is 23.8 Å². The standard InChI is InChI=1S/C31H30F2N6OS/c1-21-15-22(2)30(41-39-13-11-36(12-14-39)28-6-4-3-5-23(28)19-34)17-25(21)31(40)38-9-7-37(8-10-38)29-18-26(32)24(20-35)16-27(29)33/h3-6,15-18H,7-14H2,1-2H3. The van der Waals surface area contributed by atoms with Gasteiger partial charge in [-0.1, -0.05) is 18.2 Å². The van der Waals surface area contributed by atoms with Crippen LogP contribution in [0.4, 0.5) is 20.2 Å². The van der Waals surface area contributed by atoms with Crippen LogP contribution in [0.3, 0.4) is 0 Å². The van der Waals surface area contributed by atoms with Crippen molar-refractivity contribution in [2.75, 3.05) is 62.2 Å². The molecule has 5 rings (SSSR count). The number of aryl methyl sites for hydroxylation is 2. The molecule has 3 aromatic carbocycles. The molecule has 2 fully saturated rings. The summed E-state index contributed by atoms with van der Waals surface area (Å²) in [5.41, 5.74) is 4.07. The number of hydrogen-bond acceptors (Lipinski definition) is 7. The fraction of sp³-hybridized carbons (Fsp3) is 0.323. The van der Waals surface area contributed by atoms with Crippen LogP contribution in [0.25, 0.3) is 0 Å². The van der Waals surface area contributed by atoms with Gasteiger partial charge < -0.3 is 14.7 Å². The second-order valence-electron chi connectivity index (χ2n) is 10.2. The molecule has 0 aliphatic carbocycles. The molecule has 0 spiro atoms. The predicted octanol–water partition coefficient (Wildman–Crippen LogP) is 5.12. The first kappa shape index (κ1) is 28.4. The van der Waals surface area contributed by atoms with E-state index in [1.807, 2.05) is 50.2 Å². The van der Waals surface area contributed by atoms with E-state index in [0.29, 0.717) is 37.3 Å². The number of piperazine rings is 2. The van der Waals surface area contributed by atoms with E-state index in [9.17, 15) is 18.8 Å². The molecule has 1 amide bonds. The number of carbonyl (C=O) groups excluding carboxylic acids is 1.